The summed E-state index contributed by atoms with van der Waals surface area (Å²) in [6, 6.07) is 9.61. The van der Waals surface area contributed by atoms with Gasteiger partial charge >= 0.3 is 0 Å². The third-order valence-electron chi connectivity index (χ3n) is 4.51. The van der Waals surface area contributed by atoms with Crippen molar-refractivity contribution in [1.29, 1.82) is 0 Å². The Kier molecular flexibility index (Phi) is 3.46. The molecule has 0 radical (unpaired) electrons. The highest BCUT2D eigenvalue weighted by Crippen LogP contribution is 2.27. The summed E-state index contributed by atoms with van der Waals surface area (Å²) in [4.78, 5) is 0. The molecule has 1 N–H and O–H groups in total. The Balaban J connectivity index is 1.43. The first-order valence-corrected chi connectivity index (χ1v) is 7.22. The molecule has 0 aromatic heterocycles. The van der Waals surface area contributed by atoms with E-state index >= 15 is 0 Å². The molecule has 92 valence electrons. The molecule has 3 rings (SSSR count). The summed E-state index contributed by atoms with van der Waals surface area (Å²) < 4.78 is 0. The molecule has 0 amide bonds. The van der Waals surface area contributed by atoms with E-state index in [9.17, 15) is 0 Å². The summed E-state index contributed by atoms with van der Waals surface area (Å²) in [5.41, 5.74) is 3.12. The van der Waals surface area contributed by atoms with Crippen LogP contribution in [0.25, 0.3) is 0 Å². The third kappa shape index (κ3) is 2.71. The zero-order valence-electron chi connectivity index (χ0n) is 10.6. The Morgan fingerprint density at radius 2 is 1.65 bits per heavy atom. The second-order valence-corrected chi connectivity index (χ2v) is 5.77. The van der Waals surface area contributed by atoms with Gasteiger partial charge in [0.05, 0.1) is 0 Å². The van der Waals surface area contributed by atoms with E-state index in [1.807, 2.05) is 0 Å². The van der Waals surface area contributed by atoms with Crippen LogP contribution in [0.1, 0.15) is 43.2 Å². The minimum Gasteiger partial charge on any atom is -0.313 e. The first-order chi connectivity index (χ1) is 8.42. The SMILES string of the molecule is c1ccc2c(c1)CC(NCCC1CCCC1)C2. The van der Waals surface area contributed by atoms with Crippen molar-refractivity contribution >= 4 is 0 Å². The van der Waals surface area contributed by atoms with Crippen LogP contribution < -0.4 is 5.32 Å². The lowest BCUT2D eigenvalue weighted by molar-refractivity contribution is 0.444. The van der Waals surface area contributed by atoms with Crippen LogP contribution >= 0.6 is 0 Å². The van der Waals surface area contributed by atoms with Gasteiger partial charge in [-0.05, 0) is 42.9 Å². The molecule has 2 aliphatic carbocycles. The van der Waals surface area contributed by atoms with Crippen LogP contribution in [0.3, 0.4) is 0 Å². The summed E-state index contributed by atoms with van der Waals surface area (Å²) in [5, 5.41) is 3.76. The summed E-state index contributed by atoms with van der Waals surface area (Å²) >= 11 is 0. The van der Waals surface area contributed by atoms with E-state index < -0.39 is 0 Å². The zero-order valence-corrected chi connectivity index (χ0v) is 10.6. The van der Waals surface area contributed by atoms with Crippen molar-refractivity contribution < 1.29 is 0 Å². The molecule has 1 fully saturated rings. The van der Waals surface area contributed by atoms with Gasteiger partial charge in [-0.3, -0.25) is 0 Å². The molecule has 1 aromatic carbocycles. The lowest BCUT2D eigenvalue weighted by Crippen LogP contribution is -2.31. The highest BCUT2D eigenvalue weighted by Gasteiger charge is 2.21. The Bertz CT molecular complexity index is 341. The lowest BCUT2D eigenvalue weighted by atomic mass is 10.0. The number of hydrogen-bond donors (Lipinski definition) is 1. The van der Waals surface area contributed by atoms with Gasteiger partial charge in [0, 0.05) is 6.04 Å². The Morgan fingerprint density at radius 1 is 1.00 bits per heavy atom. The van der Waals surface area contributed by atoms with Gasteiger partial charge in [-0.15, -0.1) is 0 Å². The average molecular weight is 229 g/mol. The average Bonchev–Trinajstić information content (AvgIpc) is 2.96. The minimum absolute atomic E-state index is 0.703. The first kappa shape index (κ1) is 11.3. The predicted molar refractivity (Wildman–Crippen MR) is 72.2 cm³/mol. The van der Waals surface area contributed by atoms with Crippen LogP contribution in [-0.4, -0.2) is 12.6 Å². The summed E-state index contributed by atoms with van der Waals surface area (Å²) in [7, 11) is 0. The van der Waals surface area contributed by atoms with Gasteiger partial charge < -0.3 is 5.32 Å². The van der Waals surface area contributed by atoms with Gasteiger partial charge in [0.15, 0.2) is 0 Å². The molecule has 0 spiro atoms. The maximum Gasteiger partial charge on any atom is 0.0148 e. The normalized spacial score (nSPS) is 20.9. The minimum atomic E-state index is 0.703. The maximum absolute atomic E-state index is 3.76. The maximum atomic E-state index is 3.76. The Morgan fingerprint density at radius 3 is 2.29 bits per heavy atom. The highest BCUT2D eigenvalue weighted by atomic mass is 14.9. The molecule has 0 bridgehead atoms. The van der Waals surface area contributed by atoms with E-state index in [1.54, 1.807) is 11.1 Å². The molecular formula is C16H23N. The number of nitrogens with one attached hydrogen (secondary N) is 1. The van der Waals surface area contributed by atoms with Crippen LogP contribution in [0.2, 0.25) is 0 Å². The fourth-order valence-electron chi connectivity index (χ4n) is 3.49. The molecular weight excluding hydrogens is 206 g/mol. The lowest BCUT2D eigenvalue weighted by Gasteiger charge is -2.14. The number of rotatable bonds is 4. The van der Waals surface area contributed by atoms with Crippen molar-refractivity contribution in [3.8, 4) is 0 Å². The molecule has 2 aliphatic rings. The van der Waals surface area contributed by atoms with E-state index in [0.717, 1.165) is 5.92 Å². The Hall–Kier alpha value is -0.820. The standard InChI is InChI=1S/C16H23N/c1-2-6-13(5-1)9-10-17-16-11-14-7-3-4-8-15(14)12-16/h3-4,7-8,13,16-17H,1-2,5-6,9-12H2. The molecule has 1 heteroatoms. The van der Waals surface area contributed by atoms with Crippen LogP contribution in [0.15, 0.2) is 24.3 Å². The van der Waals surface area contributed by atoms with Crippen LogP contribution in [0.5, 0.6) is 0 Å². The third-order valence-corrected chi connectivity index (χ3v) is 4.51. The summed E-state index contributed by atoms with van der Waals surface area (Å²) in [6.07, 6.45) is 9.77. The van der Waals surface area contributed by atoms with Crippen LogP contribution in [-0.2, 0) is 12.8 Å². The molecule has 1 saturated carbocycles. The number of fused-ring (bicyclic) bond motifs is 1. The van der Waals surface area contributed by atoms with Gasteiger partial charge in [0.2, 0.25) is 0 Å². The van der Waals surface area contributed by atoms with Crippen molar-refractivity contribution in [2.24, 2.45) is 5.92 Å². The number of hydrogen-bond acceptors (Lipinski definition) is 1. The van der Waals surface area contributed by atoms with Gasteiger partial charge in [0.25, 0.3) is 0 Å². The second kappa shape index (κ2) is 5.22. The van der Waals surface area contributed by atoms with Gasteiger partial charge in [-0.25, -0.2) is 0 Å². The Labute approximate surface area is 105 Å². The van der Waals surface area contributed by atoms with Crippen LogP contribution in [0.4, 0.5) is 0 Å². The van der Waals surface area contributed by atoms with Crippen molar-refractivity contribution in [1.82, 2.24) is 5.32 Å². The van der Waals surface area contributed by atoms with E-state index in [-0.39, 0.29) is 0 Å². The fraction of sp³-hybridized carbons (Fsp3) is 0.625. The quantitative estimate of drug-likeness (QED) is 0.835. The predicted octanol–water partition coefficient (Wildman–Crippen LogP) is 3.32. The first-order valence-electron chi connectivity index (χ1n) is 7.22. The van der Waals surface area contributed by atoms with Crippen molar-refractivity contribution in [3.05, 3.63) is 35.4 Å². The molecule has 0 heterocycles. The van der Waals surface area contributed by atoms with Crippen molar-refractivity contribution in [2.45, 2.75) is 51.0 Å². The zero-order chi connectivity index (χ0) is 11.5. The molecule has 17 heavy (non-hydrogen) atoms. The van der Waals surface area contributed by atoms with E-state index in [2.05, 4.69) is 29.6 Å². The summed E-state index contributed by atoms with van der Waals surface area (Å²) in [6.45, 7) is 1.23. The topological polar surface area (TPSA) is 12.0 Å². The van der Waals surface area contributed by atoms with E-state index in [0.29, 0.717) is 6.04 Å². The van der Waals surface area contributed by atoms with Crippen molar-refractivity contribution in [3.63, 3.8) is 0 Å². The summed E-state index contributed by atoms with van der Waals surface area (Å²) in [5.74, 6) is 1.02. The smallest absolute Gasteiger partial charge is 0.0148 e. The highest BCUT2D eigenvalue weighted by molar-refractivity contribution is 5.33. The van der Waals surface area contributed by atoms with E-state index in [1.165, 1.54) is 51.5 Å². The molecule has 1 aromatic rings. The van der Waals surface area contributed by atoms with E-state index in [4.69, 9.17) is 0 Å². The fourth-order valence-corrected chi connectivity index (χ4v) is 3.49. The van der Waals surface area contributed by atoms with Crippen molar-refractivity contribution in [2.75, 3.05) is 6.54 Å². The largest absolute Gasteiger partial charge is 0.313 e. The molecule has 1 nitrogen and oxygen atoms in total. The van der Waals surface area contributed by atoms with Gasteiger partial charge in [-0.2, -0.15) is 0 Å². The molecule has 0 saturated heterocycles. The van der Waals surface area contributed by atoms with Gasteiger partial charge in [0.1, 0.15) is 0 Å². The number of benzene rings is 1. The monoisotopic (exact) mass is 229 g/mol. The molecule has 0 atom stereocenters. The van der Waals surface area contributed by atoms with Gasteiger partial charge in [-0.1, -0.05) is 49.9 Å². The molecule has 0 unspecified atom stereocenters. The molecule has 0 aliphatic heterocycles. The van der Waals surface area contributed by atoms with Crippen LogP contribution in [0, 0.1) is 5.92 Å². The second-order valence-electron chi connectivity index (χ2n) is 5.77.